The van der Waals surface area contributed by atoms with Gasteiger partial charge in [0, 0.05) is 11.0 Å². The molecule has 0 radical (unpaired) electrons. The number of hydrogen-bond acceptors (Lipinski definition) is 3. The zero-order valence-electron chi connectivity index (χ0n) is 16.1. The van der Waals surface area contributed by atoms with Gasteiger partial charge in [-0.3, -0.25) is 5.73 Å². The van der Waals surface area contributed by atoms with Gasteiger partial charge in [0.15, 0.2) is 0 Å². The normalized spacial score (nSPS) is 16.5. The molecule has 148 valence electrons. The van der Waals surface area contributed by atoms with Gasteiger partial charge in [-0.2, -0.15) is 0 Å². The molecule has 0 spiro atoms. The number of fused-ring (bicyclic) bond motifs is 1. The van der Waals surface area contributed by atoms with Crippen LogP contribution in [0.2, 0.25) is 0 Å². The van der Waals surface area contributed by atoms with Gasteiger partial charge < -0.3 is 10.0 Å². The number of nitrogens with zero attached hydrogens (tertiary/aromatic N) is 3. The van der Waals surface area contributed by atoms with Crippen LogP contribution in [0, 0.1) is 0 Å². The smallest absolute Gasteiger partial charge is 0.356 e. The molecule has 5 nitrogen and oxygen atoms in total. The summed E-state index contributed by atoms with van der Waals surface area (Å²) in [6.45, 7) is 4.67. The van der Waals surface area contributed by atoms with E-state index in [1.165, 1.54) is 32.4 Å². The fraction of sp³-hybridized carbons (Fsp3) is 0.409. The SMILES string of the molecule is Nc1n(CCN2CCCCC2)c2ccccc2[n+]1C[C@@H](O)c1cccc(Br)c1. The number of anilines is 1. The van der Waals surface area contributed by atoms with E-state index in [2.05, 4.69) is 37.5 Å². The van der Waals surface area contributed by atoms with Crippen molar-refractivity contribution in [2.45, 2.75) is 38.5 Å². The van der Waals surface area contributed by atoms with Crippen LogP contribution in [-0.2, 0) is 13.1 Å². The maximum Gasteiger partial charge on any atom is 0.356 e. The minimum absolute atomic E-state index is 0.430. The first kappa shape index (κ1) is 19.4. The minimum atomic E-state index is -0.619. The molecule has 1 saturated heterocycles. The molecule has 0 saturated carbocycles. The van der Waals surface area contributed by atoms with E-state index in [4.69, 9.17) is 5.73 Å². The van der Waals surface area contributed by atoms with Gasteiger partial charge in [-0.1, -0.05) is 46.6 Å². The second-order valence-corrected chi connectivity index (χ2v) is 8.50. The maximum atomic E-state index is 10.8. The van der Waals surface area contributed by atoms with Gasteiger partial charge in [0.1, 0.15) is 23.7 Å². The van der Waals surface area contributed by atoms with Gasteiger partial charge in [-0.15, -0.1) is 0 Å². The predicted molar refractivity (Wildman–Crippen MR) is 116 cm³/mol. The van der Waals surface area contributed by atoms with Crippen molar-refractivity contribution in [3.63, 3.8) is 0 Å². The number of halogens is 1. The van der Waals surface area contributed by atoms with E-state index in [9.17, 15) is 5.11 Å². The number of hydrogen-bond donors (Lipinski definition) is 2. The lowest BCUT2D eigenvalue weighted by molar-refractivity contribution is -0.666. The number of aliphatic hydroxyl groups is 1. The van der Waals surface area contributed by atoms with E-state index in [1.807, 2.05) is 41.0 Å². The summed E-state index contributed by atoms with van der Waals surface area (Å²) in [6.07, 6.45) is 3.31. The number of benzene rings is 2. The van der Waals surface area contributed by atoms with E-state index in [1.54, 1.807) is 0 Å². The molecule has 3 aromatic rings. The molecule has 0 bridgehead atoms. The highest BCUT2D eigenvalue weighted by Gasteiger charge is 2.24. The topological polar surface area (TPSA) is 58.3 Å². The van der Waals surface area contributed by atoms with Crippen molar-refractivity contribution >= 4 is 32.9 Å². The average molecular weight is 444 g/mol. The van der Waals surface area contributed by atoms with Gasteiger partial charge in [-0.05, 0) is 55.8 Å². The fourth-order valence-electron chi connectivity index (χ4n) is 4.16. The lowest BCUT2D eigenvalue weighted by Crippen LogP contribution is -2.40. The third-order valence-electron chi connectivity index (χ3n) is 5.69. The van der Waals surface area contributed by atoms with Crippen molar-refractivity contribution in [3.8, 4) is 0 Å². The molecular weight excluding hydrogens is 416 g/mol. The molecule has 28 heavy (non-hydrogen) atoms. The Morgan fingerprint density at radius 1 is 1.04 bits per heavy atom. The highest BCUT2D eigenvalue weighted by molar-refractivity contribution is 9.10. The molecule has 3 N–H and O–H groups in total. The standard InChI is InChI=1S/C22H27BrN4O/c23-18-8-6-7-17(15-18)21(28)16-27-20-10-3-2-9-19(20)26(22(27)24)14-13-25-11-4-1-5-12-25/h2-3,6-10,15,21,24,28H,1,4-5,11-14,16H2/p+1/t21-/m1/s1. The summed E-state index contributed by atoms with van der Waals surface area (Å²) in [4.78, 5) is 2.53. The summed E-state index contributed by atoms with van der Waals surface area (Å²) in [7, 11) is 0. The Bertz CT molecular complexity index is 949. The van der Waals surface area contributed by atoms with Crippen LogP contribution in [0.4, 0.5) is 5.95 Å². The minimum Gasteiger partial charge on any atom is -0.385 e. The van der Waals surface area contributed by atoms with Crippen LogP contribution in [0.3, 0.4) is 0 Å². The number of nitrogen functional groups attached to an aromatic ring is 1. The Morgan fingerprint density at radius 3 is 2.61 bits per heavy atom. The molecule has 0 amide bonds. The predicted octanol–water partition coefficient (Wildman–Crippen LogP) is 3.49. The van der Waals surface area contributed by atoms with Gasteiger partial charge in [-0.25, -0.2) is 9.13 Å². The molecule has 1 aliphatic rings. The third-order valence-corrected chi connectivity index (χ3v) is 6.19. The first-order valence-corrected chi connectivity index (χ1v) is 10.9. The molecule has 4 rings (SSSR count). The van der Waals surface area contributed by atoms with Crippen molar-refractivity contribution < 1.29 is 9.67 Å². The monoisotopic (exact) mass is 443 g/mol. The molecule has 1 aromatic heterocycles. The molecule has 1 aliphatic heterocycles. The molecule has 2 aromatic carbocycles. The highest BCUT2D eigenvalue weighted by atomic mass is 79.9. The van der Waals surface area contributed by atoms with Crippen molar-refractivity contribution in [2.75, 3.05) is 25.4 Å². The average Bonchev–Trinajstić information content (AvgIpc) is 2.98. The summed E-state index contributed by atoms with van der Waals surface area (Å²) in [5, 5.41) is 10.8. The largest absolute Gasteiger partial charge is 0.385 e. The summed E-state index contributed by atoms with van der Waals surface area (Å²) in [5.41, 5.74) is 9.64. The van der Waals surface area contributed by atoms with E-state index in [0.717, 1.165) is 34.2 Å². The summed E-state index contributed by atoms with van der Waals surface area (Å²) in [6, 6.07) is 16.1. The van der Waals surface area contributed by atoms with E-state index < -0.39 is 6.10 Å². The van der Waals surface area contributed by atoms with Crippen LogP contribution in [0.5, 0.6) is 0 Å². The Kier molecular flexibility index (Phi) is 5.99. The number of piperidine rings is 1. The number of imidazole rings is 1. The Morgan fingerprint density at radius 2 is 1.82 bits per heavy atom. The molecule has 2 heterocycles. The van der Waals surface area contributed by atoms with Crippen LogP contribution in [0.1, 0.15) is 30.9 Å². The van der Waals surface area contributed by atoms with Crippen LogP contribution in [-0.4, -0.2) is 34.2 Å². The van der Waals surface area contributed by atoms with Crippen LogP contribution >= 0.6 is 15.9 Å². The zero-order chi connectivity index (χ0) is 19.5. The second kappa shape index (κ2) is 8.64. The first-order valence-electron chi connectivity index (χ1n) is 10.1. The summed E-state index contributed by atoms with van der Waals surface area (Å²) >= 11 is 3.48. The maximum absolute atomic E-state index is 10.8. The van der Waals surface area contributed by atoms with E-state index in [-0.39, 0.29) is 0 Å². The lowest BCUT2D eigenvalue weighted by atomic mass is 10.1. The molecule has 6 heteroatoms. The van der Waals surface area contributed by atoms with Crippen molar-refractivity contribution in [2.24, 2.45) is 0 Å². The number of para-hydroxylation sites is 2. The van der Waals surface area contributed by atoms with Gasteiger partial charge in [0.05, 0.1) is 6.54 Å². The Labute approximate surface area is 174 Å². The fourth-order valence-corrected chi connectivity index (χ4v) is 4.57. The summed E-state index contributed by atoms with van der Waals surface area (Å²) < 4.78 is 5.19. The number of aromatic nitrogens is 2. The lowest BCUT2D eigenvalue weighted by Gasteiger charge is -2.25. The number of likely N-dealkylation sites (tertiary alicyclic amines) is 1. The second-order valence-electron chi connectivity index (χ2n) is 7.58. The van der Waals surface area contributed by atoms with Crippen molar-refractivity contribution in [1.82, 2.24) is 9.47 Å². The van der Waals surface area contributed by atoms with Crippen molar-refractivity contribution in [3.05, 3.63) is 58.6 Å². The Balaban J connectivity index is 1.60. The number of nitrogens with two attached hydrogens (primary N) is 1. The quantitative estimate of drug-likeness (QED) is 0.573. The van der Waals surface area contributed by atoms with Crippen molar-refractivity contribution in [1.29, 1.82) is 0 Å². The van der Waals surface area contributed by atoms with Crippen LogP contribution in [0.25, 0.3) is 11.0 Å². The van der Waals surface area contributed by atoms with Crippen LogP contribution in [0.15, 0.2) is 53.0 Å². The molecule has 1 atom stereocenters. The van der Waals surface area contributed by atoms with Gasteiger partial charge in [0.2, 0.25) is 0 Å². The highest BCUT2D eigenvalue weighted by Crippen LogP contribution is 2.22. The molecule has 0 unspecified atom stereocenters. The third kappa shape index (κ3) is 4.09. The van der Waals surface area contributed by atoms with E-state index in [0.29, 0.717) is 12.5 Å². The van der Waals surface area contributed by atoms with Gasteiger partial charge >= 0.3 is 5.95 Å². The summed E-state index contributed by atoms with van der Waals surface area (Å²) in [5.74, 6) is 0.701. The van der Waals surface area contributed by atoms with Crippen LogP contribution < -0.4 is 10.3 Å². The van der Waals surface area contributed by atoms with E-state index >= 15 is 0 Å². The molecule has 1 fully saturated rings. The molecular formula is C22H28BrN4O+. The van der Waals surface area contributed by atoms with Gasteiger partial charge in [0.25, 0.3) is 0 Å². The molecule has 0 aliphatic carbocycles. The number of rotatable bonds is 6. The zero-order valence-corrected chi connectivity index (χ0v) is 17.7. The first-order chi connectivity index (χ1) is 13.6. The Hall–Kier alpha value is -1.89. The number of aliphatic hydroxyl groups excluding tert-OH is 1.